The van der Waals surface area contributed by atoms with Crippen molar-refractivity contribution in [3.8, 4) is 0 Å². The lowest BCUT2D eigenvalue weighted by atomic mass is 9.91. The first kappa shape index (κ1) is 70.4. The lowest BCUT2D eigenvalue weighted by Gasteiger charge is -2.40. The maximum Gasteiger partial charge on any atom is 0.261 e. The van der Waals surface area contributed by atoms with Crippen molar-refractivity contribution in [2.24, 2.45) is 0 Å². The highest BCUT2D eigenvalue weighted by molar-refractivity contribution is 7.99. The van der Waals surface area contributed by atoms with E-state index in [-0.39, 0.29) is 5.48 Å². The number of aliphatic hydroxyl groups excluding tert-OH is 2. The molecule has 4 aliphatic heterocycles. The van der Waals surface area contributed by atoms with Crippen molar-refractivity contribution < 1.29 is 67.6 Å². The van der Waals surface area contributed by atoms with E-state index in [1.165, 1.54) is 82.1 Å². The normalized spacial score (nSPS) is 20.0. The molecule has 2 saturated heterocycles. The molecule has 0 spiro atoms. The van der Waals surface area contributed by atoms with Gasteiger partial charge in [-0.3, -0.25) is 28.0 Å². The third-order valence-corrected chi connectivity index (χ3v) is 17.0. The van der Waals surface area contributed by atoms with Gasteiger partial charge < -0.3 is 25.5 Å². The van der Waals surface area contributed by atoms with Crippen LogP contribution in [0.1, 0.15) is 122 Å². The molecule has 456 valence electrons. The molecule has 4 aromatic rings. The van der Waals surface area contributed by atoms with Crippen LogP contribution < -0.4 is 0 Å². The largest absolute Gasteiger partial charge is 0.412 e. The van der Waals surface area contributed by atoms with Crippen molar-refractivity contribution in [1.29, 1.82) is 0 Å². The van der Waals surface area contributed by atoms with Gasteiger partial charge in [0.05, 0.1) is 25.0 Å². The van der Waals surface area contributed by atoms with E-state index in [0.29, 0.717) is 50.3 Å². The second kappa shape index (κ2) is 33.6. The van der Waals surface area contributed by atoms with Crippen LogP contribution in [0.25, 0.3) is 0 Å². The minimum absolute atomic E-state index is 0. The van der Waals surface area contributed by atoms with Gasteiger partial charge in [-0.05, 0) is 121 Å². The van der Waals surface area contributed by atoms with Crippen LogP contribution in [0.2, 0.25) is 0 Å². The van der Waals surface area contributed by atoms with E-state index in [1.54, 1.807) is 22.3 Å². The summed E-state index contributed by atoms with van der Waals surface area (Å²) in [6, 6.07) is 33.8. The molecule has 25 heteroatoms. The molecule has 19 nitrogen and oxygen atoms in total. The third kappa shape index (κ3) is 26.8. The lowest BCUT2D eigenvalue weighted by Crippen LogP contribution is -2.48. The van der Waals surface area contributed by atoms with E-state index in [0.717, 1.165) is 103 Å². The van der Waals surface area contributed by atoms with Crippen molar-refractivity contribution in [2.75, 3.05) is 104 Å². The number of hydrogen-bond donors (Lipinski definition) is 6. The van der Waals surface area contributed by atoms with Crippen LogP contribution in [0.15, 0.2) is 105 Å². The Balaban J connectivity index is 0.000000259. The molecule has 6 aliphatic rings. The molecule has 81 heavy (non-hydrogen) atoms. The van der Waals surface area contributed by atoms with E-state index in [2.05, 4.69) is 105 Å². The SMILES string of the molecule is CS(=O)(=O)O.CS(=O)(=O)O.CS(=O)(=O)O.CS(=O)(=O)O.O.OCCCN1CCN(C2Cc3ccccc3Sc3ccc(C4CCCC4)cc32)CC1.OCCCN1CCN(C2Cc3ccccc3Sc3ccc(C4CCCC4)cc32)CC1. The molecule has 2 atom stereocenters. The van der Waals surface area contributed by atoms with Gasteiger partial charge in [0.2, 0.25) is 0 Å². The van der Waals surface area contributed by atoms with E-state index in [9.17, 15) is 33.7 Å². The predicted molar refractivity (Wildman–Crippen MR) is 322 cm³/mol. The number of nitrogens with zero attached hydrogens (tertiary/aromatic N) is 4. The summed E-state index contributed by atoms with van der Waals surface area (Å²) in [7, 11) is -14.7. The summed E-state index contributed by atoms with van der Waals surface area (Å²) in [5.41, 5.74) is 9.25. The van der Waals surface area contributed by atoms with Crippen molar-refractivity contribution in [1.82, 2.24) is 19.6 Å². The first-order chi connectivity index (χ1) is 37.6. The topological polar surface area (TPSA) is 302 Å². The monoisotopic (exact) mass is 1250 g/mol. The molecule has 4 aromatic carbocycles. The standard InChI is InChI=1S/2C26H34N2OS.4CH4O3S.H2O/c2*29-17-5-12-27-13-15-28(16-14-27)24-19-22-8-3-4-9-25(22)30-26-11-10-21(18-23(24)26)20-6-1-2-7-20;4*1-5(2,3)4;/h2*3-4,8-11,18,20,24,29H,1-2,5-7,12-17,19H2;4*1H3,(H,2,3,4);1H2. The van der Waals surface area contributed by atoms with Gasteiger partial charge in [0, 0.05) is 110 Å². The van der Waals surface area contributed by atoms with Crippen molar-refractivity contribution >= 4 is 64.0 Å². The fraction of sp³-hybridized carbons (Fsp3) is 0.571. The average molecular weight is 1250 g/mol. The Kier molecular flexibility index (Phi) is 29.2. The minimum atomic E-state index is -3.67. The molecule has 0 bridgehead atoms. The Morgan fingerprint density at radius 3 is 1.04 bits per heavy atom. The van der Waals surface area contributed by atoms with E-state index in [1.807, 2.05) is 23.5 Å². The van der Waals surface area contributed by atoms with Gasteiger partial charge in [0.1, 0.15) is 0 Å². The summed E-state index contributed by atoms with van der Waals surface area (Å²) in [6.45, 7) is 11.6. The average Bonchev–Trinajstić information content (AvgIpc) is 4.30. The molecule has 8 N–H and O–H groups in total. The molecule has 4 fully saturated rings. The molecule has 10 rings (SSSR count). The van der Waals surface area contributed by atoms with Crippen LogP contribution in [0.3, 0.4) is 0 Å². The van der Waals surface area contributed by atoms with Crippen LogP contribution in [-0.4, -0.2) is 191 Å². The Morgan fingerprint density at radius 2 is 0.741 bits per heavy atom. The predicted octanol–water partition coefficient (Wildman–Crippen LogP) is 7.38. The molecule has 2 saturated carbocycles. The van der Waals surface area contributed by atoms with E-state index < -0.39 is 40.5 Å². The van der Waals surface area contributed by atoms with Crippen LogP contribution >= 0.6 is 23.5 Å². The second-order valence-corrected chi connectivity index (χ2v) is 29.3. The number of rotatable bonds is 10. The quantitative estimate of drug-likeness (QED) is 0.0844. The number of fused-ring (bicyclic) bond motifs is 4. The first-order valence-electron chi connectivity index (χ1n) is 27.3. The molecule has 2 unspecified atom stereocenters. The molecule has 0 amide bonds. The highest BCUT2D eigenvalue weighted by Crippen LogP contribution is 2.47. The van der Waals surface area contributed by atoms with Gasteiger partial charge in [0.25, 0.3) is 40.5 Å². The Hall–Kier alpha value is -3.06. The Labute approximate surface area is 490 Å². The van der Waals surface area contributed by atoms with Gasteiger partial charge in [-0.25, -0.2) is 0 Å². The lowest BCUT2D eigenvalue weighted by molar-refractivity contribution is 0.0899. The van der Waals surface area contributed by atoms with Crippen LogP contribution in [0.4, 0.5) is 0 Å². The summed E-state index contributed by atoms with van der Waals surface area (Å²) in [4.78, 5) is 16.3. The highest BCUT2D eigenvalue weighted by Gasteiger charge is 2.33. The summed E-state index contributed by atoms with van der Waals surface area (Å²) < 4.78 is 103. The van der Waals surface area contributed by atoms with Crippen molar-refractivity contribution in [3.63, 3.8) is 0 Å². The van der Waals surface area contributed by atoms with Gasteiger partial charge in [-0.2, -0.15) is 33.7 Å². The second-order valence-electron chi connectivity index (χ2n) is 21.3. The molecular weight excluding hydrogens is 1160 g/mol. The minimum Gasteiger partial charge on any atom is -0.412 e. The Morgan fingerprint density at radius 1 is 0.444 bits per heavy atom. The zero-order chi connectivity index (χ0) is 58.7. The first-order valence-corrected chi connectivity index (χ1v) is 36.3. The van der Waals surface area contributed by atoms with Crippen molar-refractivity contribution in [2.45, 2.75) is 121 Å². The number of hydrogen-bond acceptors (Lipinski definition) is 16. The Bertz CT molecular complexity index is 2720. The third-order valence-electron chi connectivity index (χ3n) is 14.6. The maximum absolute atomic E-state index is 9.19. The summed E-state index contributed by atoms with van der Waals surface area (Å²) in [5.74, 6) is 1.53. The number of aliphatic hydroxyl groups is 2. The van der Waals surface area contributed by atoms with Crippen LogP contribution in [0, 0.1) is 0 Å². The molecular formula is C56H86N4O15S6. The summed E-state index contributed by atoms with van der Waals surface area (Å²) in [6.07, 6.45) is 17.9. The van der Waals surface area contributed by atoms with Crippen molar-refractivity contribution in [3.05, 3.63) is 118 Å². The number of benzene rings is 4. The van der Waals surface area contributed by atoms with Gasteiger partial charge in [-0.15, -0.1) is 0 Å². The fourth-order valence-corrected chi connectivity index (χ4v) is 13.4. The van der Waals surface area contributed by atoms with Crippen LogP contribution in [-0.2, 0) is 53.3 Å². The summed E-state index contributed by atoms with van der Waals surface area (Å²) in [5, 5.41) is 18.3. The molecule has 4 heterocycles. The van der Waals surface area contributed by atoms with E-state index in [4.69, 9.17) is 28.4 Å². The molecule has 0 aromatic heterocycles. The zero-order valence-electron chi connectivity index (χ0n) is 47.1. The zero-order valence-corrected chi connectivity index (χ0v) is 51.9. The van der Waals surface area contributed by atoms with Gasteiger partial charge >= 0.3 is 0 Å². The van der Waals surface area contributed by atoms with E-state index >= 15 is 0 Å². The smallest absolute Gasteiger partial charge is 0.261 e. The van der Waals surface area contributed by atoms with Gasteiger partial charge in [-0.1, -0.05) is 110 Å². The molecule has 0 radical (unpaired) electrons. The highest BCUT2D eigenvalue weighted by atomic mass is 32.2. The molecule has 2 aliphatic carbocycles. The summed E-state index contributed by atoms with van der Waals surface area (Å²) >= 11 is 3.94. The maximum atomic E-state index is 9.19. The van der Waals surface area contributed by atoms with Gasteiger partial charge in [0.15, 0.2) is 0 Å². The fourth-order valence-electron chi connectivity index (χ4n) is 11.1. The number of piperazine rings is 2. The van der Waals surface area contributed by atoms with Crippen LogP contribution in [0.5, 0.6) is 0 Å².